The maximum absolute atomic E-state index is 12.9. The number of hydrogen-bond acceptors (Lipinski definition) is 8. The highest BCUT2D eigenvalue weighted by Crippen LogP contribution is 2.32. The van der Waals surface area contributed by atoms with Gasteiger partial charge in [0.05, 0.1) is 24.1 Å². The van der Waals surface area contributed by atoms with E-state index < -0.39 is 0 Å². The minimum Gasteiger partial charge on any atom is -0.367 e. The lowest BCUT2D eigenvalue weighted by atomic mass is 10.1. The number of carbonyl (C=O) groups is 3. The van der Waals surface area contributed by atoms with Gasteiger partial charge in [-0.05, 0) is 17.7 Å². The zero-order valence-corrected chi connectivity index (χ0v) is 17.9. The number of carbonyl (C=O) groups excluding carboxylic acids is 3. The fourth-order valence-corrected chi connectivity index (χ4v) is 4.69. The number of nitrogens with zero attached hydrogens (tertiary/aromatic N) is 4. The van der Waals surface area contributed by atoms with Crippen molar-refractivity contribution in [1.29, 1.82) is 0 Å². The van der Waals surface area contributed by atoms with E-state index in [0.717, 1.165) is 43.7 Å². The summed E-state index contributed by atoms with van der Waals surface area (Å²) in [5.41, 5.74) is 3.55. The van der Waals surface area contributed by atoms with Crippen LogP contribution >= 0.6 is 11.3 Å². The fraction of sp³-hybridized carbons (Fsp3) is 0.227. The van der Waals surface area contributed by atoms with Crippen molar-refractivity contribution in [2.24, 2.45) is 0 Å². The van der Waals surface area contributed by atoms with Crippen LogP contribution in [-0.2, 0) is 6.54 Å². The van der Waals surface area contributed by atoms with Gasteiger partial charge < -0.3 is 15.5 Å². The number of thiazole rings is 1. The minimum atomic E-state index is -0.357. The molecule has 2 aliphatic heterocycles. The van der Waals surface area contributed by atoms with Crippen LogP contribution in [0.1, 0.15) is 36.8 Å². The number of rotatable bonds is 5. The summed E-state index contributed by atoms with van der Waals surface area (Å²) < 4.78 is 0. The third-order valence-corrected chi connectivity index (χ3v) is 6.40. The molecular formula is C22H20N6O3S. The maximum atomic E-state index is 12.9. The van der Waals surface area contributed by atoms with Crippen molar-refractivity contribution in [3.8, 4) is 0 Å². The Bertz CT molecular complexity index is 1200. The molecule has 1 saturated heterocycles. The Morgan fingerprint density at radius 2 is 2.06 bits per heavy atom. The van der Waals surface area contributed by atoms with Crippen molar-refractivity contribution in [1.82, 2.24) is 15.3 Å². The number of amides is 2. The monoisotopic (exact) mass is 448 g/mol. The van der Waals surface area contributed by atoms with Crippen LogP contribution < -0.4 is 20.4 Å². The number of nitrogens with one attached hydrogen (secondary N) is 2. The Kier molecular flexibility index (Phi) is 5.38. The van der Waals surface area contributed by atoms with Crippen LogP contribution in [0.15, 0.2) is 42.0 Å². The molecule has 4 heterocycles. The van der Waals surface area contributed by atoms with Crippen molar-refractivity contribution in [2.45, 2.75) is 6.54 Å². The summed E-state index contributed by atoms with van der Waals surface area (Å²) >= 11 is 1.23. The average Bonchev–Trinajstić information content (AvgIpc) is 3.45. The standard InChI is InChI=1S/C22H20N6O3S/c29-12-14-1-2-15-11-28(21(31)16(15)9-14)22-26-18(13-32-22)20(30)25-17-10-24-4-3-19(17)27-7-5-23-6-8-27/h1-4,9-10,12-13,23H,5-8,11H2,(H,25,30). The normalized spacial score (nSPS) is 15.6. The van der Waals surface area contributed by atoms with Gasteiger partial charge in [0.25, 0.3) is 11.8 Å². The molecule has 0 saturated carbocycles. The summed E-state index contributed by atoms with van der Waals surface area (Å²) in [6, 6.07) is 6.94. The second-order valence-corrected chi connectivity index (χ2v) is 8.36. The molecule has 2 N–H and O–H groups in total. The lowest BCUT2D eigenvalue weighted by Crippen LogP contribution is -2.43. The number of pyridine rings is 1. The maximum Gasteiger partial charge on any atom is 0.275 e. The third-order valence-electron chi connectivity index (χ3n) is 5.53. The van der Waals surface area contributed by atoms with Crippen LogP contribution in [0.4, 0.5) is 16.5 Å². The molecule has 1 fully saturated rings. The van der Waals surface area contributed by atoms with E-state index in [9.17, 15) is 14.4 Å². The van der Waals surface area contributed by atoms with E-state index >= 15 is 0 Å². The summed E-state index contributed by atoms with van der Waals surface area (Å²) in [5, 5.41) is 8.30. The van der Waals surface area contributed by atoms with Crippen LogP contribution in [0.3, 0.4) is 0 Å². The number of hydrogen-bond donors (Lipinski definition) is 2. The first kappa shape index (κ1) is 20.3. The third kappa shape index (κ3) is 3.74. The summed E-state index contributed by atoms with van der Waals surface area (Å²) in [7, 11) is 0. The van der Waals surface area contributed by atoms with E-state index in [1.165, 1.54) is 16.2 Å². The first-order chi connectivity index (χ1) is 15.6. The van der Waals surface area contributed by atoms with Gasteiger partial charge in [-0.15, -0.1) is 11.3 Å². The van der Waals surface area contributed by atoms with E-state index in [1.54, 1.807) is 36.0 Å². The Morgan fingerprint density at radius 3 is 2.88 bits per heavy atom. The molecule has 0 bridgehead atoms. The molecule has 32 heavy (non-hydrogen) atoms. The lowest BCUT2D eigenvalue weighted by molar-refractivity contribution is 0.0991. The van der Waals surface area contributed by atoms with Crippen molar-refractivity contribution in [2.75, 3.05) is 41.3 Å². The fourth-order valence-electron chi connectivity index (χ4n) is 3.89. The van der Waals surface area contributed by atoms with Crippen molar-refractivity contribution in [3.63, 3.8) is 0 Å². The van der Waals surface area contributed by atoms with Gasteiger partial charge in [-0.25, -0.2) is 4.98 Å². The van der Waals surface area contributed by atoms with E-state index in [1.807, 2.05) is 6.07 Å². The van der Waals surface area contributed by atoms with Crippen LogP contribution in [-0.4, -0.2) is 54.2 Å². The molecule has 2 aromatic heterocycles. The smallest absolute Gasteiger partial charge is 0.275 e. The molecule has 0 atom stereocenters. The molecule has 2 amide bonds. The van der Waals surface area contributed by atoms with Crippen LogP contribution in [0.25, 0.3) is 0 Å². The van der Waals surface area contributed by atoms with Gasteiger partial charge in [0.1, 0.15) is 12.0 Å². The lowest BCUT2D eigenvalue weighted by Gasteiger charge is -2.30. The molecule has 9 nitrogen and oxygen atoms in total. The highest BCUT2D eigenvalue weighted by Gasteiger charge is 2.31. The second kappa shape index (κ2) is 8.48. The average molecular weight is 449 g/mol. The SMILES string of the molecule is O=Cc1ccc2c(c1)C(=O)N(c1nc(C(=O)Nc3cnccc3N3CCNCC3)cs1)C2. The second-order valence-electron chi connectivity index (χ2n) is 7.53. The van der Waals surface area contributed by atoms with Crippen LogP contribution in [0.2, 0.25) is 0 Å². The Morgan fingerprint density at radius 1 is 1.22 bits per heavy atom. The van der Waals surface area contributed by atoms with Gasteiger partial charge in [0.2, 0.25) is 0 Å². The number of aldehydes is 1. The first-order valence-corrected chi connectivity index (χ1v) is 11.1. The molecule has 0 unspecified atom stereocenters. The number of fused-ring (bicyclic) bond motifs is 1. The Balaban J connectivity index is 1.33. The largest absolute Gasteiger partial charge is 0.367 e. The minimum absolute atomic E-state index is 0.224. The van der Waals surface area contributed by atoms with Gasteiger partial charge in [-0.1, -0.05) is 12.1 Å². The number of piperazine rings is 1. The van der Waals surface area contributed by atoms with E-state index in [-0.39, 0.29) is 17.5 Å². The van der Waals surface area contributed by atoms with Gasteiger partial charge in [-0.2, -0.15) is 0 Å². The predicted octanol–water partition coefficient (Wildman–Crippen LogP) is 2.17. The summed E-state index contributed by atoms with van der Waals surface area (Å²) in [6.45, 7) is 3.81. The molecule has 3 aromatic rings. The molecule has 162 valence electrons. The Labute approximate surface area is 188 Å². The van der Waals surface area contributed by atoms with E-state index in [0.29, 0.717) is 28.5 Å². The first-order valence-electron chi connectivity index (χ1n) is 10.2. The molecule has 0 radical (unpaired) electrons. The topological polar surface area (TPSA) is 108 Å². The highest BCUT2D eigenvalue weighted by atomic mass is 32.1. The summed E-state index contributed by atoms with van der Waals surface area (Å²) in [6.07, 6.45) is 4.06. The molecule has 1 aromatic carbocycles. The van der Waals surface area contributed by atoms with Crippen LogP contribution in [0, 0.1) is 0 Å². The molecule has 10 heteroatoms. The zero-order valence-electron chi connectivity index (χ0n) is 17.1. The van der Waals surface area contributed by atoms with E-state index in [2.05, 4.69) is 25.5 Å². The summed E-state index contributed by atoms with van der Waals surface area (Å²) in [4.78, 5) is 49.0. The van der Waals surface area contributed by atoms with Crippen molar-refractivity contribution >= 4 is 45.9 Å². The molecular weight excluding hydrogens is 428 g/mol. The summed E-state index contributed by atoms with van der Waals surface area (Å²) in [5.74, 6) is -0.581. The molecule has 5 rings (SSSR count). The van der Waals surface area contributed by atoms with Gasteiger partial charge >= 0.3 is 0 Å². The van der Waals surface area contributed by atoms with Crippen LogP contribution in [0.5, 0.6) is 0 Å². The predicted molar refractivity (Wildman–Crippen MR) is 122 cm³/mol. The Hall–Kier alpha value is -3.63. The number of anilines is 3. The quantitative estimate of drug-likeness (QED) is 0.576. The van der Waals surface area contributed by atoms with Crippen molar-refractivity contribution in [3.05, 3.63) is 64.4 Å². The zero-order chi connectivity index (χ0) is 22.1. The molecule has 0 spiro atoms. The van der Waals surface area contributed by atoms with E-state index in [4.69, 9.17) is 0 Å². The van der Waals surface area contributed by atoms with Gasteiger partial charge in [-0.3, -0.25) is 24.3 Å². The van der Waals surface area contributed by atoms with Gasteiger partial charge in [0.15, 0.2) is 5.13 Å². The molecule has 2 aliphatic rings. The number of benzene rings is 1. The number of aromatic nitrogens is 2. The van der Waals surface area contributed by atoms with Gasteiger partial charge in [0, 0.05) is 48.9 Å². The van der Waals surface area contributed by atoms with Crippen molar-refractivity contribution < 1.29 is 14.4 Å². The molecule has 0 aliphatic carbocycles. The highest BCUT2D eigenvalue weighted by molar-refractivity contribution is 7.14.